The molecule has 0 aliphatic heterocycles. The summed E-state index contributed by atoms with van der Waals surface area (Å²) in [6.45, 7) is 7.45. The maximum atomic E-state index is 11.9. The topological polar surface area (TPSA) is 46.2 Å². The molecule has 88 valence electrons. The molecule has 0 fully saturated rings. The van der Waals surface area contributed by atoms with Crippen molar-refractivity contribution >= 4 is 26.0 Å². The molecule has 1 aromatic rings. The van der Waals surface area contributed by atoms with E-state index in [1.54, 1.807) is 26.0 Å². The molecule has 0 aromatic heterocycles. The summed E-state index contributed by atoms with van der Waals surface area (Å²) in [5.41, 5.74) is 1.49. The molecule has 0 saturated carbocycles. The summed E-state index contributed by atoms with van der Waals surface area (Å²) in [6, 6.07) is 5.17. The van der Waals surface area contributed by atoms with Crippen molar-refractivity contribution in [3.05, 3.63) is 40.4 Å². The molecule has 0 radical (unpaired) electrons. The number of nitrogens with one attached hydrogen (secondary N) is 1. The zero-order valence-electron chi connectivity index (χ0n) is 9.25. The molecule has 0 amide bonds. The quantitative estimate of drug-likeness (QED) is 0.869. The average Bonchev–Trinajstić information content (AvgIpc) is 2.19. The van der Waals surface area contributed by atoms with Crippen LogP contribution in [-0.2, 0) is 10.0 Å². The number of hydrogen-bond donors (Lipinski definition) is 1. The molecule has 16 heavy (non-hydrogen) atoms. The molecule has 1 rings (SSSR count). The average molecular weight is 304 g/mol. The lowest BCUT2D eigenvalue weighted by Crippen LogP contribution is -2.25. The number of rotatable bonds is 4. The Labute approximate surface area is 105 Å². The van der Waals surface area contributed by atoms with Crippen LogP contribution in [0, 0.1) is 6.92 Å². The minimum absolute atomic E-state index is 0.258. The van der Waals surface area contributed by atoms with E-state index >= 15 is 0 Å². The van der Waals surface area contributed by atoms with Crippen molar-refractivity contribution in [2.45, 2.75) is 18.7 Å². The van der Waals surface area contributed by atoms with E-state index in [9.17, 15) is 8.42 Å². The van der Waals surface area contributed by atoms with E-state index in [4.69, 9.17) is 0 Å². The molecule has 3 nitrogen and oxygen atoms in total. The number of benzene rings is 1. The third-order valence-electron chi connectivity index (χ3n) is 2.00. The summed E-state index contributed by atoms with van der Waals surface area (Å²) in [5, 5.41) is 0. The van der Waals surface area contributed by atoms with Crippen LogP contribution < -0.4 is 4.72 Å². The SMILES string of the molecule is C=C(C)CNS(=O)(=O)c1cc(Br)ccc1C. The van der Waals surface area contributed by atoms with Gasteiger partial charge in [-0.25, -0.2) is 13.1 Å². The maximum Gasteiger partial charge on any atom is 0.241 e. The second kappa shape index (κ2) is 5.12. The molecule has 1 aromatic carbocycles. The van der Waals surface area contributed by atoms with E-state index < -0.39 is 10.0 Å². The molecule has 0 spiro atoms. The predicted octanol–water partition coefficient (Wildman–Crippen LogP) is 2.61. The third-order valence-corrected chi connectivity index (χ3v) is 4.04. The van der Waals surface area contributed by atoms with E-state index in [2.05, 4.69) is 27.2 Å². The molecule has 0 unspecified atom stereocenters. The molecular formula is C11H14BrNO2S. The second-order valence-electron chi connectivity index (χ2n) is 3.69. The molecule has 5 heteroatoms. The zero-order valence-corrected chi connectivity index (χ0v) is 11.7. The van der Waals surface area contributed by atoms with Gasteiger partial charge in [-0.05, 0) is 31.5 Å². The molecule has 0 atom stereocenters. The minimum atomic E-state index is -3.45. The number of sulfonamides is 1. The smallest absolute Gasteiger partial charge is 0.207 e. The lowest BCUT2D eigenvalue weighted by molar-refractivity contribution is 0.584. The van der Waals surface area contributed by atoms with E-state index in [0.717, 1.165) is 15.6 Å². The van der Waals surface area contributed by atoms with Crippen molar-refractivity contribution in [3.63, 3.8) is 0 Å². The second-order valence-corrected chi connectivity index (χ2v) is 6.34. The number of aryl methyl sites for hydroxylation is 1. The van der Waals surface area contributed by atoms with Crippen molar-refractivity contribution in [3.8, 4) is 0 Å². The first-order chi connectivity index (χ1) is 7.33. The van der Waals surface area contributed by atoms with E-state index in [-0.39, 0.29) is 6.54 Å². The van der Waals surface area contributed by atoms with E-state index in [1.807, 2.05) is 6.07 Å². The van der Waals surface area contributed by atoms with Crippen molar-refractivity contribution in [2.24, 2.45) is 0 Å². The van der Waals surface area contributed by atoms with Gasteiger partial charge in [-0.1, -0.05) is 34.1 Å². The highest BCUT2D eigenvalue weighted by Crippen LogP contribution is 2.20. The van der Waals surface area contributed by atoms with E-state index in [0.29, 0.717) is 4.90 Å². The number of halogens is 1. The molecule has 1 N–H and O–H groups in total. The highest BCUT2D eigenvalue weighted by atomic mass is 79.9. The normalized spacial score (nSPS) is 11.4. The summed E-state index contributed by atoms with van der Waals surface area (Å²) in [5.74, 6) is 0. The Bertz CT molecular complexity index is 509. The first-order valence-corrected chi connectivity index (χ1v) is 7.01. The van der Waals surface area contributed by atoms with E-state index in [1.165, 1.54) is 0 Å². The summed E-state index contributed by atoms with van der Waals surface area (Å²) in [6.07, 6.45) is 0. The minimum Gasteiger partial charge on any atom is -0.207 e. The monoisotopic (exact) mass is 303 g/mol. The van der Waals surface area contributed by atoms with Crippen LogP contribution in [0.25, 0.3) is 0 Å². The van der Waals surface area contributed by atoms with Crippen molar-refractivity contribution < 1.29 is 8.42 Å². The Morgan fingerprint density at radius 3 is 2.69 bits per heavy atom. The van der Waals surface area contributed by atoms with Crippen LogP contribution in [0.1, 0.15) is 12.5 Å². The van der Waals surface area contributed by atoms with Gasteiger partial charge in [-0.3, -0.25) is 0 Å². The van der Waals surface area contributed by atoms with Gasteiger partial charge in [0.25, 0.3) is 0 Å². The Balaban J connectivity index is 3.07. The van der Waals surface area contributed by atoms with Crippen LogP contribution in [0.15, 0.2) is 39.7 Å². The standard InChI is InChI=1S/C11H14BrNO2S/c1-8(2)7-13-16(14,15)11-6-10(12)5-4-9(11)3/h4-6,13H,1,7H2,2-3H3. The first kappa shape index (κ1) is 13.4. The summed E-state index contributed by atoms with van der Waals surface area (Å²) in [4.78, 5) is 0.295. The van der Waals surface area contributed by atoms with Gasteiger partial charge >= 0.3 is 0 Å². The third kappa shape index (κ3) is 3.43. The van der Waals surface area contributed by atoms with Crippen LogP contribution in [0.5, 0.6) is 0 Å². The van der Waals surface area contributed by atoms with Gasteiger partial charge in [0.2, 0.25) is 10.0 Å². The van der Waals surface area contributed by atoms with Crippen LogP contribution in [0.4, 0.5) is 0 Å². The molecular weight excluding hydrogens is 290 g/mol. The fourth-order valence-electron chi connectivity index (χ4n) is 1.16. The number of hydrogen-bond acceptors (Lipinski definition) is 2. The van der Waals surface area contributed by atoms with Crippen LogP contribution >= 0.6 is 15.9 Å². The van der Waals surface area contributed by atoms with Crippen molar-refractivity contribution in [1.82, 2.24) is 4.72 Å². The van der Waals surface area contributed by atoms with Gasteiger partial charge in [0.15, 0.2) is 0 Å². The Morgan fingerprint density at radius 2 is 2.12 bits per heavy atom. The summed E-state index contributed by atoms with van der Waals surface area (Å²) in [7, 11) is -3.45. The molecule has 0 aliphatic carbocycles. The largest absolute Gasteiger partial charge is 0.241 e. The van der Waals surface area contributed by atoms with Crippen LogP contribution in [0.2, 0.25) is 0 Å². The molecule has 0 heterocycles. The van der Waals surface area contributed by atoms with Gasteiger partial charge in [0.1, 0.15) is 0 Å². The summed E-state index contributed by atoms with van der Waals surface area (Å²) >= 11 is 3.26. The predicted molar refractivity (Wildman–Crippen MR) is 68.9 cm³/mol. The van der Waals surface area contributed by atoms with Gasteiger partial charge in [0, 0.05) is 11.0 Å². The Morgan fingerprint density at radius 1 is 1.50 bits per heavy atom. The van der Waals surface area contributed by atoms with Crippen LogP contribution in [-0.4, -0.2) is 15.0 Å². The highest BCUT2D eigenvalue weighted by Gasteiger charge is 2.16. The first-order valence-electron chi connectivity index (χ1n) is 4.73. The fourth-order valence-corrected chi connectivity index (χ4v) is 3.04. The summed E-state index contributed by atoms with van der Waals surface area (Å²) < 4.78 is 27.1. The van der Waals surface area contributed by atoms with Crippen molar-refractivity contribution in [1.29, 1.82) is 0 Å². The van der Waals surface area contributed by atoms with Crippen molar-refractivity contribution in [2.75, 3.05) is 6.54 Å². The lowest BCUT2D eigenvalue weighted by atomic mass is 10.2. The Kier molecular flexibility index (Phi) is 4.29. The fraction of sp³-hybridized carbons (Fsp3) is 0.273. The Hall–Kier alpha value is -0.650. The van der Waals surface area contributed by atoms with Gasteiger partial charge in [-0.15, -0.1) is 0 Å². The zero-order chi connectivity index (χ0) is 12.3. The van der Waals surface area contributed by atoms with Crippen LogP contribution in [0.3, 0.4) is 0 Å². The molecule has 0 aliphatic rings. The highest BCUT2D eigenvalue weighted by molar-refractivity contribution is 9.10. The van der Waals surface area contributed by atoms with Gasteiger partial charge in [-0.2, -0.15) is 0 Å². The lowest BCUT2D eigenvalue weighted by Gasteiger charge is -2.09. The van der Waals surface area contributed by atoms with Gasteiger partial charge < -0.3 is 0 Å². The molecule has 0 bridgehead atoms. The molecule has 0 saturated heterocycles. The maximum absolute atomic E-state index is 11.9. The van der Waals surface area contributed by atoms with Gasteiger partial charge in [0.05, 0.1) is 4.90 Å².